The molecule has 2 unspecified atom stereocenters. The van der Waals surface area contributed by atoms with Gasteiger partial charge in [-0.25, -0.2) is 8.42 Å². The van der Waals surface area contributed by atoms with Crippen LogP contribution in [0.1, 0.15) is 52.4 Å². The van der Waals surface area contributed by atoms with Crippen molar-refractivity contribution in [3.63, 3.8) is 0 Å². The van der Waals surface area contributed by atoms with Gasteiger partial charge in [0.2, 0.25) is 21.8 Å². The largest absolute Gasteiger partial charge is 0.358 e. The van der Waals surface area contributed by atoms with E-state index < -0.39 is 10.0 Å². The summed E-state index contributed by atoms with van der Waals surface area (Å²) >= 11 is 0. The molecule has 0 radical (unpaired) electrons. The van der Waals surface area contributed by atoms with Crippen LogP contribution < -0.4 is 15.1 Å². The maximum atomic E-state index is 13.4. The van der Waals surface area contributed by atoms with Crippen LogP contribution in [0.5, 0.6) is 0 Å². The molecule has 0 bridgehead atoms. The highest BCUT2D eigenvalue weighted by Crippen LogP contribution is 2.41. The van der Waals surface area contributed by atoms with E-state index in [1.165, 1.54) is 9.21 Å². The van der Waals surface area contributed by atoms with Crippen LogP contribution in [0.15, 0.2) is 23.1 Å². The van der Waals surface area contributed by atoms with Gasteiger partial charge in [-0.2, -0.15) is 4.31 Å². The fourth-order valence-corrected chi connectivity index (χ4v) is 6.24. The van der Waals surface area contributed by atoms with E-state index in [-0.39, 0.29) is 35.3 Å². The number of hydrogen-bond acceptors (Lipinski definition) is 5. The van der Waals surface area contributed by atoms with Crippen molar-refractivity contribution < 1.29 is 18.0 Å². The van der Waals surface area contributed by atoms with Gasteiger partial charge in [-0.3, -0.25) is 14.5 Å². The molecule has 9 heteroatoms. The topological polar surface area (TPSA) is 90.0 Å². The Bertz CT molecular complexity index is 958. The van der Waals surface area contributed by atoms with Crippen molar-refractivity contribution in [3.8, 4) is 0 Å². The summed E-state index contributed by atoms with van der Waals surface area (Å²) in [6.45, 7) is 5.61. The standard InChI is InChI=1S/C22H32N4O4S/c1-3-16(2)23-21(27)15-26-20-14-17(31(29,30)24-11-6-7-12-24)9-10-18(20)25-13-5-4-8-19(25)22(26)28/h9-10,14,16,19H,3-8,11-13,15H2,1-2H3,(H,23,27). The molecule has 4 rings (SSSR count). The zero-order valence-corrected chi connectivity index (χ0v) is 19.2. The summed E-state index contributed by atoms with van der Waals surface area (Å²) in [5, 5.41) is 2.92. The van der Waals surface area contributed by atoms with E-state index in [9.17, 15) is 18.0 Å². The third-order valence-corrected chi connectivity index (χ3v) is 8.52. The lowest BCUT2D eigenvalue weighted by atomic mass is 9.96. The van der Waals surface area contributed by atoms with Gasteiger partial charge in [0, 0.05) is 25.7 Å². The number of nitrogens with one attached hydrogen (secondary N) is 1. The van der Waals surface area contributed by atoms with Crippen LogP contribution in [0.2, 0.25) is 0 Å². The van der Waals surface area contributed by atoms with Gasteiger partial charge in [0.1, 0.15) is 12.6 Å². The van der Waals surface area contributed by atoms with E-state index in [1.807, 2.05) is 19.9 Å². The predicted molar refractivity (Wildman–Crippen MR) is 120 cm³/mol. The molecule has 0 spiro atoms. The second kappa shape index (κ2) is 8.78. The second-order valence-electron chi connectivity index (χ2n) is 8.77. The highest BCUT2D eigenvalue weighted by atomic mass is 32.2. The van der Waals surface area contributed by atoms with Gasteiger partial charge in [0.15, 0.2) is 0 Å². The number of amides is 2. The Morgan fingerprint density at radius 1 is 1.13 bits per heavy atom. The molecule has 2 fully saturated rings. The number of fused-ring (bicyclic) bond motifs is 3. The quantitative estimate of drug-likeness (QED) is 0.720. The van der Waals surface area contributed by atoms with Crippen molar-refractivity contribution in [1.82, 2.24) is 9.62 Å². The molecule has 1 aromatic carbocycles. The number of hydrogen-bond donors (Lipinski definition) is 1. The van der Waals surface area contributed by atoms with Gasteiger partial charge in [0.05, 0.1) is 16.3 Å². The summed E-state index contributed by atoms with van der Waals surface area (Å²) < 4.78 is 27.8. The van der Waals surface area contributed by atoms with Gasteiger partial charge < -0.3 is 10.2 Å². The van der Waals surface area contributed by atoms with Crippen molar-refractivity contribution >= 4 is 33.2 Å². The van der Waals surface area contributed by atoms with Gasteiger partial charge >= 0.3 is 0 Å². The number of benzene rings is 1. The minimum absolute atomic E-state index is 0.0138. The van der Waals surface area contributed by atoms with Gasteiger partial charge in [-0.05, 0) is 63.6 Å². The lowest BCUT2D eigenvalue weighted by molar-refractivity contribution is -0.125. The molecule has 3 heterocycles. The molecule has 2 atom stereocenters. The molecule has 3 aliphatic heterocycles. The first kappa shape index (κ1) is 22.1. The molecule has 170 valence electrons. The van der Waals surface area contributed by atoms with Crippen molar-refractivity contribution in [1.29, 1.82) is 0 Å². The molecule has 1 N–H and O–H groups in total. The summed E-state index contributed by atoms with van der Waals surface area (Å²) in [5.41, 5.74) is 1.35. The van der Waals surface area contributed by atoms with E-state index in [4.69, 9.17) is 0 Å². The Balaban J connectivity index is 1.72. The Kier molecular flexibility index (Phi) is 6.25. The zero-order valence-electron chi connectivity index (χ0n) is 18.3. The number of carbonyl (C=O) groups excluding carboxylic acids is 2. The van der Waals surface area contributed by atoms with Crippen LogP contribution in [-0.4, -0.2) is 62.8 Å². The van der Waals surface area contributed by atoms with Crippen LogP contribution in [0, 0.1) is 0 Å². The predicted octanol–water partition coefficient (Wildman–Crippen LogP) is 2.09. The maximum absolute atomic E-state index is 13.4. The number of piperidine rings is 1. The van der Waals surface area contributed by atoms with Crippen LogP contribution in [0.3, 0.4) is 0 Å². The van der Waals surface area contributed by atoms with Crippen molar-refractivity contribution in [3.05, 3.63) is 18.2 Å². The molecule has 2 saturated heterocycles. The van der Waals surface area contributed by atoms with E-state index in [0.717, 1.165) is 50.8 Å². The lowest BCUT2D eigenvalue weighted by Gasteiger charge is -2.45. The van der Waals surface area contributed by atoms with Crippen LogP contribution >= 0.6 is 0 Å². The number of nitrogens with zero attached hydrogens (tertiary/aromatic N) is 3. The van der Waals surface area contributed by atoms with E-state index in [0.29, 0.717) is 18.8 Å². The van der Waals surface area contributed by atoms with Gasteiger partial charge in [-0.1, -0.05) is 6.92 Å². The average molecular weight is 449 g/mol. The first-order valence-electron chi connectivity index (χ1n) is 11.3. The first-order chi connectivity index (χ1) is 14.8. The van der Waals surface area contributed by atoms with E-state index in [2.05, 4.69) is 10.2 Å². The Labute approximate surface area is 184 Å². The molecule has 31 heavy (non-hydrogen) atoms. The molecular formula is C22H32N4O4S. The summed E-state index contributed by atoms with van der Waals surface area (Å²) in [6, 6.07) is 4.76. The molecule has 1 aromatic rings. The van der Waals surface area contributed by atoms with Crippen LogP contribution in [-0.2, 0) is 19.6 Å². The summed E-state index contributed by atoms with van der Waals surface area (Å²) in [4.78, 5) is 29.8. The third-order valence-electron chi connectivity index (χ3n) is 6.63. The molecule has 0 aliphatic carbocycles. The normalized spacial score (nSPS) is 22.8. The van der Waals surface area contributed by atoms with Gasteiger partial charge in [-0.15, -0.1) is 0 Å². The fourth-order valence-electron chi connectivity index (χ4n) is 4.70. The minimum atomic E-state index is -3.62. The molecule has 8 nitrogen and oxygen atoms in total. The Morgan fingerprint density at radius 2 is 1.84 bits per heavy atom. The molecular weight excluding hydrogens is 416 g/mol. The summed E-state index contributed by atoms with van der Waals surface area (Å²) in [7, 11) is -3.62. The summed E-state index contributed by atoms with van der Waals surface area (Å²) in [5.74, 6) is -0.354. The Hall–Kier alpha value is -2.13. The number of carbonyl (C=O) groups is 2. The average Bonchev–Trinajstić information content (AvgIpc) is 3.32. The second-order valence-corrected chi connectivity index (χ2v) is 10.7. The highest BCUT2D eigenvalue weighted by molar-refractivity contribution is 7.89. The Morgan fingerprint density at radius 3 is 2.55 bits per heavy atom. The SMILES string of the molecule is CCC(C)NC(=O)CN1C(=O)C2CCCCN2c2ccc(S(=O)(=O)N3CCCC3)cc21. The number of sulfonamides is 1. The number of anilines is 2. The fraction of sp³-hybridized carbons (Fsp3) is 0.636. The minimum Gasteiger partial charge on any atom is -0.358 e. The lowest BCUT2D eigenvalue weighted by Crippen LogP contribution is -2.57. The summed E-state index contributed by atoms with van der Waals surface area (Å²) in [6.07, 6.45) is 5.22. The maximum Gasteiger partial charge on any atom is 0.250 e. The third kappa shape index (κ3) is 4.17. The molecule has 2 amide bonds. The number of rotatable bonds is 6. The van der Waals surface area contributed by atoms with E-state index >= 15 is 0 Å². The van der Waals surface area contributed by atoms with Crippen LogP contribution in [0.25, 0.3) is 0 Å². The monoisotopic (exact) mass is 448 g/mol. The van der Waals surface area contributed by atoms with Crippen LogP contribution in [0.4, 0.5) is 11.4 Å². The first-order valence-corrected chi connectivity index (χ1v) is 12.8. The van der Waals surface area contributed by atoms with E-state index in [1.54, 1.807) is 12.1 Å². The molecule has 3 aliphatic rings. The smallest absolute Gasteiger partial charge is 0.250 e. The van der Waals surface area contributed by atoms with Crippen molar-refractivity contribution in [2.24, 2.45) is 0 Å². The highest BCUT2D eigenvalue weighted by Gasteiger charge is 2.41. The molecule has 0 aromatic heterocycles. The molecule has 0 saturated carbocycles. The zero-order chi connectivity index (χ0) is 22.2. The van der Waals surface area contributed by atoms with Gasteiger partial charge in [0.25, 0.3) is 0 Å². The van der Waals surface area contributed by atoms with Crippen molar-refractivity contribution in [2.75, 3.05) is 36.0 Å². The van der Waals surface area contributed by atoms with Crippen molar-refractivity contribution in [2.45, 2.75) is 69.4 Å².